The van der Waals surface area contributed by atoms with Gasteiger partial charge in [0.1, 0.15) is 6.26 Å². The molecular formula is C19H17N3O3. The molecule has 0 aliphatic heterocycles. The number of benzene rings is 2. The average Bonchev–Trinajstić information content (AvgIpc) is 3.11. The molecule has 0 radical (unpaired) electrons. The number of aromatic nitrogens is 1. The molecule has 6 nitrogen and oxygen atoms in total. The fraction of sp³-hybridized carbons (Fsp3) is 0.105. The second kappa shape index (κ2) is 7.44. The second-order valence-corrected chi connectivity index (χ2v) is 5.32. The fourth-order valence-corrected chi connectivity index (χ4v) is 2.33. The largest absolute Gasteiger partial charge is 0.431 e. The van der Waals surface area contributed by atoms with E-state index < -0.39 is 5.91 Å². The minimum Gasteiger partial charge on any atom is -0.431 e. The number of carbonyl (C=O) groups is 2. The molecule has 126 valence electrons. The molecule has 1 aromatic heterocycles. The first kappa shape index (κ1) is 16.4. The number of nitrogens with zero attached hydrogens (tertiary/aromatic N) is 1. The quantitative estimate of drug-likeness (QED) is 0.744. The van der Waals surface area contributed by atoms with E-state index in [4.69, 9.17) is 4.42 Å². The lowest BCUT2D eigenvalue weighted by molar-refractivity contribution is 0.101. The van der Waals surface area contributed by atoms with Crippen LogP contribution in [0.1, 0.15) is 33.3 Å². The molecule has 0 spiro atoms. The number of rotatable bonds is 5. The first-order chi connectivity index (χ1) is 12.2. The molecule has 0 aliphatic carbocycles. The third-order valence-corrected chi connectivity index (χ3v) is 3.64. The molecule has 3 rings (SSSR count). The molecule has 0 unspecified atom stereocenters. The van der Waals surface area contributed by atoms with Gasteiger partial charge in [0, 0.05) is 11.3 Å². The average molecular weight is 335 g/mol. The summed E-state index contributed by atoms with van der Waals surface area (Å²) < 4.78 is 5.17. The lowest BCUT2D eigenvalue weighted by Gasteiger charge is -2.07. The smallest absolute Gasteiger partial charge is 0.302 e. The van der Waals surface area contributed by atoms with Crippen molar-refractivity contribution in [2.45, 2.75) is 13.3 Å². The first-order valence-electron chi connectivity index (χ1n) is 7.88. The van der Waals surface area contributed by atoms with Gasteiger partial charge >= 0.3 is 6.01 Å². The Bertz CT molecular complexity index is 888. The minimum atomic E-state index is -0.398. The normalized spacial score (nSPS) is 10.3. The Kier molecular flexibility index (Phi) is 4.89. The Labute approximate surface area is 144 Å². The maximum atomic E-state index is 12.3. The van der Waals surface area contributed by atoms with Gasteiger partial charge in [-0.05, 0) is 30.2 Å². The summed E-state index contributed by atoms with van der Waals surface area (Å²) in [4.78, 5) is 28.4. The summed E-state index contributed by atoms with van der Waals surface area (Å²) in [5, 5.41) is 5.33. The van der Waals surface area contributed by atoms with Gasteiger partial charge in [-0.2, -0.15) is 4.98 Å². The van der Waals surface area contributed by atoms with Crippen LogP contribution in [0.15, 0.2) is 65.3 Å². The van der Waals surface area contributed by atoms with Crippen LogP contribution in [0.5, 0.6) is 0 Å². The molecular weight excluding hydrogens is 318 g/mol. The highest BCUT2D eigenvalue weighted by molar-refractivity contribution is 6.05. The maximum Gasteiger partial charge on any atom is 0.302 e. The number of hydrogen-bond acceptors (Lipinski definition) is 4. The van der Waals surface area contributed by atoms with Crippen molar-refractivity contribution in [1.29, 1.82) is 0 Å². The standard InChI is InChI=1S/C19H17N3O3/c1-2-13-8-6-7-11-15(13)20-18(24)16-12-25-19(21-16)22-17(23)14-9-4-3-5-10-14/h3-12H,2H2,1H3,(H,20,24)(H,21,22,23). The van der Waals surface area contributed by atoms with Crippen LogP contribution in [0.4, 0.5) is 11.7 Å². The Hall–Kier alpha value is -3.41. The van der Waals surface area contributed by atoms with Crippen LogP contribution in [-0.2, 0) is 6.42 Å². The number of hydrogen-bond donors (Lipinski definition) is 2. The van der Waals surface area contributed by atoms with Crippen molar-refractivity contribution in [3.63, 3.8) is 0 Å². The Morgan fingerprint density at radius 1 is 0.960 bits per heavy atom. The Morgan fingerprint density at radius 2 is 1.68 bits per heavy atom. The van der Waals surface area contributed by atoms with Crippen molar-refractivity contribution in [3.05, 3.63) is 77.7 Å². The number of oxazole rings is 1. The molecule has 0 atom stereocenters. The van der Waals surface area contributed by atoms with Crippen LogP contribution in [0, 0.1) is 0 Å². The zero-order chi connectivity index (χ0) is 17.6. The SMILES string of the molecule is CCc1ccccc1NC(=O)c1coc(NC(=O)c2ccccc2)n1. The third kappa shape index (κ3) is 3.92. The van der Waals surface area contributed by atoms with Crippen LogP contribution in [-0.4, -0.2) is 16.8 Å². The maximum absolute atomic E-state index is 12.3. The lowest BCUT2D eigenvalue weighted by atomic mass is 10.1. The lowest BCUT2D eigenvalue weighted by Crippen LogP contribution is -2.15. The number of aryl methyl sites for hydroxylation is 1. The van der Waals surface area contributed by atoms with Crippen molar-refractivity contribution in [3.8, 4) is 0 Å². The van der Waals surface area contributed by atoms with E-state index >= 15 is 0 Å². The summed E-state index contributed by atoms with van der Waals surface area (Å²) in [6, 6.07) is 16.2. The molecule has 6 heteroatoms. The van der Waals surface area contributed by atoms with Gasteiger partial charge in [0.25, 0.3) is 11.8 Å². The third-order valence-electron chi connectivity index (χ3n) is 3.64. The monoisotopic (exact) mass is 335 g/mol. The van der Waals surface area contributed by atoms with Crippen LogP contribution in [0.3, 0.4) is 0 Å². The molecule has 1 heterocycles. The Balaban J connectivity index is 1.68. The van der Waals surface area contributed by atoms with E-state index in [1.807, 2.05) is 37.3 Å². The predicted molar refractivity (Wildman–Crippen MR) is 94.7 cm³/mol. The van der Waals surface area contributed by atoms with Crippen molar-refractivity contribution < 1.29 is 14.0 Å². The van der Waals surface area contributed by atoms with Gasteiger partial charge in [-0.15, -0.1) is 0 Å². The number of para-hydroxylation sites is 1. The highest BCUT2D eigenvalue weighted by atomic mass is 16.4. The van der Waals surface area contributed by atoms with Crippen molar-refractivity contribution in [1.82, 2.24) is 4.98 Å². The van der Waals surface area contributed by atoms with Crippen molar-refractivity contribution in [2.24, 2.45) is 0 Å². The van der Waals surface area contributed by atoms with Crippen molar-refractivity contribution >= 4 is 23.5 Å². The summed E-state index contributed by atoms with van der Waals surface area (Å²) in [6.45, 7) is 2.01. The summed E-state index contributed by atoms with van der Waals surface area (Å²) in [5.41, 5.74) is 2.32. The summed E-state index contributed by atoms with van der Waals surface area (Å²) in [7, 11) is 0. The van der Waals surface area contributed by atoms with Crippen LogP contribution in [0.25, 0.3) is 0 Å². The van der Waals surface area contributed by atoms with Crippen LogP contribution >= 0.6 is 0 Å². The highest BCUT2D eigenvalue weighted by Crippen LogP contribution is 2.17. The van der Waals surface area contributed by atoms with Crippen LogP contribution < -0.4 is 10.6 Å². The fourth-order valence-electron chi connectivity index (χ4n) is 2.33. The Morgan fingerprint density at radius 3 is 2.44 bits per heavy atom. The van der Waals surface area contributed by atoms with Gasteiger partial charge in [-0.3, -0.25) is 14.9 Å². The molecule has 2 aromatic carbocycles. The van der Waals surface area contributed by atoms with E-state index in [-0.39, 0.29) is 17.6 Å². The van der Waals surface area contributed by atoms with E-state index in [9.17, 15) is 9.59 Å². The zero-order valence-electron chi connectivity index (χ0n) is 13.7. The van der Waals surface area contributed by atoms with Crippen molar-refractivity contribution in [2.75, 3.05) is 10.6 Å². The van der Waals surface area contributed by atoms with Gasteiger partial charge in [0.05, 0.1) is 0 Å². The van der Waals surface area contributed by atoms with Gasteiger partial charge < -0.3 is 9.73 Å². The topological polar surface area (TPSA) is 84.2 Å². The molecule has 25 heavy (non-hydrogen) atoms. The predicted octanol–water partition coefficient (Wildman–Crippen LogP) is 3.74. The van der Waals surface area contributed by atoms with Gasteiger partial charge in [0.15, 0.2) is 5.69 Å². The number of amides is 2. The first-order valence-corrected chi connectivity index (χ1v) is 7.88. The second-order valence-electron chi connectivity index (χ2n) is 5.32. The van der Waals surface area contributed by atoms with E-state index in [0.717, 1.165) is 17.7 Å². The van der Waals surface area contributed by atoms with Gasteiger partial charge in [-0.25, -0.2) is 0 Å². The molecule has 0 saturated carbocycles. The molecule has 3 aromatic rings. The van der Waals surface area contributed by atoms with E-state index in [0.29, 0.717) is 5.56 Å². The van der Waals surface area contributed by atoms with Gasteiger partial charge in [0.2, 0.25) is 0 Å². The van der Waals surface area contributed by atoms with Crippen LogP contribution in [0.2, 0.25) is 0 Å². The molecule has 0 aliphatic rings. The molecule has 0 saturated heterocycles. The zero-order valence-corrected chi connectivity index (χ0v) is 13.7. The summed E-state index contributed by atoms with van der Waals surface area (Å²) in [6.07, 6.45) is 2.01. The minimum absolute atomic E-state index is 0.0252. The molecule has 0 fully saturated rings. The number of nitrogens with one attached hydrogen (secondary N) is 2. The molecule has 2 amide bonds. The number of anilines is 2. The van der Waals surface area contributed by atoms with E-state index in [2.05, 4.69) is 15.6 Å². The molecule has 2 N–H and O–H groups in total. The van der Waals surface area contributed by atoms with E-state index in [1.54, 1.807) is 24.3 Å². The van der Waals surface area contributed by atoms with Gasteiger partial charge in [-0.1, -0.05) is 43.3 Å². The summed E-state index contributed by atoms with van der Waals surface area (Å²) in [5.74, 6) is -0.754. The molecule has 0 bridgehead atoms. The highest BCUT2D eigenvalue weighted by Gasteiger charge is 2.15. The van der Waals surface area contributed by atoms with E-state index in [1.165, 1.54) is 6.26 Å². The summed E-state index contributed by atoms with van der Waals surface area (Å²) >= 11 is 0. The number of carbonyl (C=O) groups excluding carboxylic acids is 2.